The summed E-state index contributed by atoms with van der Waals surface area (Å²) in [7, 11) is -1.58. The Morgan fingerprint density at radius 3 is 2.63 bits per heavy atom. The standard InChI is InChI=1S/C27H27ClN2O4S/c1-18(2)34-14-6-13-29-26(31)20-11-12-25-23(16-20)30(17-19-7-5-8-21(28)15-19)27(32)22-9-3-4-10-24(22)35(25)33/h3-5,7-12,15-16,18H,6,13-14,17H2,1-2H3,(H,29,31)/t35-/m0/s1. The number of halogens is 1. The SMILES string of the molecule is CC(C)OCCCNC(=O)c1ccc2c(c1)N(Cc1cccc(Cl)c1)C(=O)c1ccccc1[S@@]2=O. The van der Waals surface area contributed by atoms with Crippen LogP contribution in [-0.2, 0) is 22.1 Å². The summed E-state index contributed by atoms with van der Waals surface area (Å²) in [6, 6.07) is 19.1. The van der Waals surface area contributed by atoms with Crippen LogP contribution in [0.2, 0.25) is 5.02 Å². The van der Waals surface area contributed by atoms with Gasteiger partial charge in [0.25, 0.3) is 11.8 Å². The maximum atomic E-state index is 13.7. The van der Waals surface area contributed by atoms with E-state index in [-0.39, 0.29) is 24.5 Å². The molecule has 0 aliphatic carbocycles. The highest BCUT2D eigenvalue weighted by molar-refractivity contribution is 7.85. The molecule has 3 aromatic rings. The number of hydrogen-bond acceptors (Lipinski definition) is 4. The van der Waals surface area contributed by atoms with Gasteiger partial charge in [0.05, 0.1) is 44.5 Å². The molecule has 182 valence electrons. The molecule has 3 aromatic carbocycles. The Morgan fingerprint density at radius 2 is 1.86 bits per heavy atom. The van der Waals surface area contributed by atoms with E-state index in [4.69, 9.17) is 16.3 Å². The van der Waals surface area contributed by atoms with E-state index in [0.29, 0.717) is 51.2 Å². The molecule has 0 saturated heterocycles. The number of fused-ring (bicyclic) bond motifs is 2. The van der Waals surface area contributed by atoms with E-state index in [9.17, 15) is 13.8 Å². The summed E-state index contributed by atoms with van der Waals surface area (Å²) in [6.45, 7) is 5.17. The fourth-order valence-electron chi connectivity index (χ4n) is 3.87. The number of nitrogens with one attached hydrogen (secondary N) is 1. The van der Waals surface area contributed by atoms with Crippen molar-refractivity contribution in [1.29, 1.82) is 0 Å². The van der Waals surface area contributed by atoms with Crippen LogP contribution in [0.5, 0.6) is 0 Å². The molecule has 35 heavy (non-hydrogen) atoms. The largest absolute Gasteiger partial charge is 0.379 e. The van der Waals surface area contributed by atoms with Crippen LogP contribution < -0.4 is 10.2 Å². The summed E-state index contributed by atoms with van der Waals surface area (Å²) in [5, 5.41) is 3.45. The zero-order valence-corrected chi connectivity index (χ0v) is 21.2. The van der Waals surface area contributed by atoms with Gasteiger partial charge >= 0.3 is 0 Å². The van der Waals surface area contributed by atoms with Crippen molar-refractivity contribution < 1.29 is 18.5 Å². The van der Waals surface area contributed by atoms with Gasteiger partial charge in [0.15, 0.2) is 0 Å². The first kappa shape index (κ1) is 25.1. The predicted octanol–water partition coefficient (Wildman–Crippen LogP) is 5.21. The highest BCUT2D eigenvalue weighted by Gasteiger charge is 2.31. The third-order valence-electron chi connectivity index (χ3n) is 5.56. The van der Waals surface area contributed by atoms with Crippen LogP contribution in [0, 0.1) is 0 Å². The molecule has 8 heteroatoms. The lowest BCUT2D eigenvalue weighted by Crippen LogP contribution is -2.31. The van der Waals surface area contributed by atoms with Crippen molar-refractivity contribution in [2.75, 3.05) is 18.1 Å². The number of carbonyl (C=O) groups excluding carboxylic acids is 2. The number of benzene rings is 3. The summed E-state index contributed by atoms with van der Waals surface area (Å²) < 4.78 is 19.0. The van der Waals surface area contributed by atoms with Gasteiger partial charge in [0.1, 0.15) is 0 Å². The Kier molecular flexibility index (Phi) is 8.00. The third-order valence-corrected chi connectivity index (χ3v) is 7.30. The predicted molar refractivity (Wildman–Crippen MR) is 138 cm³/mol. The lowest BCUT2D eigenvalue weighted by molar-refractivity contribution is 0.0757. The number of hydrogen-bond donors (Lipinski definition) is 1. The molecular formula is C27H27ClN2O4S. The summed E-state index contributed by atoms with van der Waals surface area (Å²) >= 11 is 6.18. The van der Waals surface area contributed by atoms with Crippen molar-refractivity contribution in [1.82, 2.24) is 5.32 Å². The molecule has 2 amide bonds. The zero-order valence-electron chi connectivity index (χ0n) is 19.6. The second-order valence-corrected chi connectivity index (χ2v) is 10.4. The van der Waals surface area contributed by atoms with E-state index in [1.54, 1.807) is 59.5 Å². The van der Waals surface area contributed by atoms with Crippen LogP contribution in [0.4, 0.5) is 5.69 Å². The molecule has 1 atom stereocenters. The van der Waals surface area contributed by atoms with Gasteiger partial charge in [-0.05, 0) is 68.3 Å². The molecule has 1 N–H and O–H groups in total. The minimum absolute atomic E-state index is 0.142. The first-order chi connectivity index (χ1) is 16.8. The van der Waals surface area contributed by atoms with Gasteiger partial charge in [-0.1, -0.05) is 35.9 Å². The van der Waals surface area contributed by atoms with Crippen molar-refractivity contribution in [2.45, 2.75) is 42.7 Å². The number of anilines is 1. The third kappa shape index (κ3) is 5.81. The summed E-state index contributed by atoms with van der Waals surface area (Å²) in [5.74, 6) is -0.545. The van der Waals surface area contributed by atoms with Crippen molar-refractivity contribution in [3.63, 3.8) is 0 Å². The minimum atomic E-state index is -1.58. The highest BCUT2D eigenvalue weighted by Crippen LogP contribution is 2.36. The van der Waals surface area contributed by atoms with Gasteiger partial charge in [-0.2, -0.15) is 0 Å². The Labute approximate surface area is 212 Å². The van der Waals surface area contributed by atoms with Crippen LogP contribution in [-0.4, -0.2) is 35.3 Å². The summed E-state index contributed by atoms with van der Waals surface area (Å²) in [5.41, 5.74) is 2.03. The Morgan fingerprint density at radius 1 is 1.06 bits per heavy atom. The van der Waals surface area contributed by atoms with E-state index >= 15 is 0 Å². The van der Waals surface area contributed by atoms with Crippen molar-refractivity contribution in [3.8, 4) is 0 Å². The molecule has 6 nitrogen and oxygen atoms in total. The highest BCUT2D eigenvalue weighted by atomic mass is 35.5. The number of carbonyl (C=O) groups is 2. The van der Waals surface area contributed by atoms with Crippen molar-refractivity contribution in [2.24, 2.45) is 0 Å². The van der Waals surface area contributed by atoms with Crippen LogP contribution in [0.1, 0.15) is 46.5 Å². The Bertz CT molecular complexity index is 1280. The molecule has 1 aliphatic rings. The Hall–Kier alpha value is -3.00. The lowest BCUT2D eigenvalue weighted by Gasteiger charge is -2.24. The number of rotatable bonds is 8. The second-order valence-electron chi connectivity index (χ2n) is 8.50. The van der Waals surface area contributed by atoms with Gasteiger partial charge in [-0.25, -0.2) is 4.21 Å². The van der Waals surface area contributed by atoms with Gasteiger partial charge in [0.2, 0.25) is 0 Å². The molecule has 0 spiro atoms. The molecule has 0 unspecified atom stereocenters. The van der Waals surface area contributed by atoms with Crippen molar-refractivity contribution >= 4 is 39.9 Å². The van der Waals surface area contributed by atoms with Crippen LogP contribution >= 0.6 is 11.6 Å². The van der Waals surface area contributed by atoms with Gasteiger partial charge in [0, 0.05) is 23.7 Å². The van der Waals surface area contributed by atoms with Crippen LogP contribution in [0.15, 0.2) is 76.5 Å². The second kappa shape index (κ2) is 11.2. The van der Waals surface area contributed by atoms with Crippen LogP contribution in [0.3, 0.4) is 0 Å². The molecule has 0 bridgehead atoms. The fraction of sp³-hybridized carbons (Fsp3) is 0.259. The smallest absolute Gasteiger partial charge is 0.259 e. The molecule has 1 heterocycles. The first-order valence-corrected chi connectivity index (χ1v) is 13.0. The molecule has 4 rings (SSSR count). The number of nitrogens with zero attached hydrogens (tertiary/aromatic N) is 1. The average Bonchev–Trinajstić information content (AvgIpc) is 2.93. The van der Waals surface area contributed by atoms with Gasteiger partial charge in [-0.15, -0.1) is 0 Å². The molecular weight excluding hydrogens is 484 g/mol. The summed E-state index contributed by atoms with van der Waals surface area (Å²) in [6.07, 6.45) is 0.830. The van der Waals surface area contributed by atoms with E-state index in [1.165, 1.54) is 0 Å². The normalized spacial score (nSPS) is 14.9. The van der Waals surface area contributed by atoms with E-state index in [2.05, 4.69) is 5.32 Å². The fourth-order valence-corrected chi connectivity index (χ4v) is 5.43. The maximum Gasteiger partial charge on any atom is 0.259 e. The van der Waals surface area contributed by atoms with Gasteiger partial charge in [-0.3, -0.25) is 9.59 Å². The molecule has 0 fully saturated rings. The quantitative estimate of drug-likeness (QED) is 0.422. The zero-order chi connectivity index (χ0) is 24.9. The van der Waals surface area contributed by atoms with Crippen molar-refractivity contribution in [3.05, 3.63) is 88.4 Å². The number of ether oxygens (including phenoxy) is 1. The topological polar surface area (TPSA) is 75.7 Å². The lowest BCUT2D eigenvalue weighted by atomic mass is 10.1. The monoisotopic (exact) mass is 510 g/mol. The van der Waals surface area contributed by atoms with E-state index in [0.717, 1.165) is 5.56 Å². The molecule has 0 radical (unpaired) electrons. The van der Waals surface area contributed by atoms with Gasteiger partial charge < -0.3 is 15.0 Å². The average molecular weight is 511 g/mol. The minimum Gasteiger partial charge on any atom is -0.379 e. The van der Waals surface area contributed by atoms with E-state index in [1.807, 2.05) is 26.0 Å². The van der Waals surface area contributed by atoms with Crippen LogP contribution in [0.25, 0.3) is 0 Å². The summed E-state index contributed by atoms with van der Waals surface area (Å²) in [4.78, 5) is 29.0. The molecule has 0 saturated carbocycles. The van der Waals surface area contributed by atoms with E-state index < -0.39 is 10.8 Å². The number of amides is 2. The maximum absolute atomic E-state index is 13.7. The first-order valence-electron chi connectivity index (χ1n) is 11.5. The molecule has 1 aliphatic heterocycles. The Balaban J connectivity index is 1.67. The molecule has 0 aromatic heterocycles.